The van der Waals surface area contributed by atoms with Gasteiger partial charge in [-0.2, -0.15) is 0 Å². The smallest absolute Gasteiger partial charge is 0.256 e. The molecular weight excluding hydrogens is 379 g/mol. The van der Waals surface area contributed by atoms with Gasteiger partial charge in [0.25, 0.3) is 5.91 Å². The fourth-order valence-electron chi connectivity index (χ4n) is 4.28. The summed E-state index contributed by atoms with van der Waals surface area (Å²) in [5.41, 5.74) is 1.36. The van der Waals surface area contributed by atoms with E-state index in [-0.39, 0.29) is 11.8 Å². The molecule has 0 radical (unpaired) electrons. The van der Waals surface area contributed by atoms with Gasteiger partial charge in [-0.25, -0.2) is 4.39 Å². The van der Waals surface area contributed by atoms with Crippen molar-refractivity contribution >= 4 is 34.8 Å². The first kappa shape index (κ1) is 17.0. The number of para-hydroxylation sites is 1. The lowest BCUT2D eigenvalue weighted by Crippen LogP contribution is -2.70. The second-order valence-electron chi connectivity index (χ2n) is 6.90. The summed E-state index contributed by atoms with van der Waals surface area (Å²) in [7, 11) is 0. The molecule has 0 bridgehead atoms. The van der Waals surface area contributed by atoms with E-state index in [0.717, 1.165) is 5.56 Å². The van der Waals surface area contributed by atoms with Gasteiger partial charge in [0.1, 0.15) is 11.7 Å². The van der Waals surface area contributed by atoms with E-state index < -0.39 is 17.3 Å². The lowest BCUT2D eigenvalue weighted by molar-refractivity contribution is -0.139. The standard InChI is InChI=1S/C22H14ClFN2O2/c23-14-7-5-13(6-8-14)19-20(27)26(16-11-9-15(24)10-12-16)22(19)17-3-1-2-4-18(17)25-21(22)28/h1-12,19H,(H,25,28)/t19-,22-/m1/s1. The van der Waals surface area contributed by atoms with Gasteiger partial charge in [-0.05, 0) is 48.0 Å². The Morgan fingerprint density at radius 3 is 2.32 bits per heavy atom. The van der Waals surface area contributed by atoms with E-state index in [9.17, 15) is 14.0 Å². The van der Waals surface area contributed by atoms with Gasteiger partial charge in [-0.3, -0.25) is 14.5 Å². The third-order valence-corrected chi connectivity index (χ3v) is 5.71. The Morgan fingerprint density at radius 2 is 1.61 bits per heavy atom. The van der Waals surface area contributed by atoms with Gasteiger partial charge < -0.3 is 5.32 Å². The highest BCUT2D eigenvalue weighted by Crippen LogP contribution is 2.58. The summed E-state index contributed by atoms with van der Waals surface area (Å²) in [6.07, 6.45) is 0. The normalized spacial score (nSPS) is 22.8. The number of halogens is 2. The van der Waals surface area contributed by atoms with Crippen molar-refractivity contribution in [3.8, 4) is 0 Å². The van der Waals surface area contributed by atoms with Crippen LogP contribution in [0.25, 0.3) is 0 Å². The van der Waals surface area contributed by atoms with Crippen molar-refractivity contribution < 1.29 is 14.0 Å². The highest BCUT2D eigenvalue weighted by atomic mass is 35.5. The van der Waals surface area contributed by atoms with Crippen LogP contribution in [0.2, 0.25) is 5.02 Å². The van der Waals surface area contributed by atoms with Crippen LogP contribution in [0.15, 0.2) is 72.8 Å². The molecule has 0 aromatic heterocycles. The van der Waals surface area contributed by atoms with E-state index in [0.29, 0.717) is 22.0 Å². The Kier molecular flexibility index (Phi) is 3.58. The van der Waals surface area contributed by atoms with Crippen LogP contribution in [0, 0.1) is 5.82 Å². The first-order valence-electron chi connectivity index (χ1n) is 8.79. The molecule has 0 unspecified atom stereocenters. The van der Waals surface area contributed by atoms with Crippen LogP contribution >= 0.6 is 11.6 Å². The molecule has 1 spiro atoms. The highest BCUT2D eigenvalue weighted by molar-refractivity contribution is 6.30. The van der Waals surface area contributed by atoms with Crippen molar-refractivity contribution in [1.82, 2.24) is 0 Å². The second-order valence-corrected chi connectivity index (χ2v) is 7.34. The number of amides is 2. The molecule has 2 aliphatic heterocycles. The zero-order valence-electron chi connectivity index (χ0n) is 14.5. The van der Waals surface area contributed by atoms with Crippen LogP contribution in [0.5, 0.6) is 0 Å². The van der Waals surface area contributed by atoms with Gasteiger partial charge >= 0.3 is 0 Å². The molecule has 138 valence electrons. The Bertz CT molecular complexity index is 1060. The van der Waals surface area contributed by atoms with E-state index in [4.69, 9.17) is 11.6 Å². The molecule has 2 aliphatic rings. The molecule has 3 aromatic rings. The van der Waals surface area contributed by atoms with Crippen LogP contribution in [-0.4, -0.2) is 11.8 Å². The molecule has 6 heteroatoms. The zero-order chi connectivity index (χ0) is 19.5. The van der Waals surface area contributed by atoms with Crippen LogP contribution < -0.4 is 10.2 Å². The van der Waals surface area contributed by atoms with Crippen LogP contribution in [-0.2, 0) is 15.1 Å². The molecule has 0 aliphatic carbocycles. The number of benzene rings is 3. The highest BCUT2D eigenvalue weighted by Gasteiger charge is 2.69. The number of hydrogen-bond donors (Lipinski definition) is 1. The monoisotopic (exact) mass is 392 g/mol. The van der Waals surface area contributed by atoms with Crippen LogP contribution in [0.3, 0.4) is 0 Å². The van der Waals surface area contributed by atoms with Crippen LogP contribution in [0.1, 0.15) is 17.0 Å². The van der Waals surface area contributed by atoms with Gasteiger partial charge in [0, 0.05) is 22.0 Å². The van der Waals surface area contributed by atoms with Gasteiger partial charge in [-0.1, -0.05) is 41.9 Å². The summed E-state index contributed by atoms with van der Waals surface area (Å²) in [4.78, 5) is 28.0. The number of rotatable bonds is 2. The average molecular weight is 393 g/mol. The van der Waals surface area contributed by atoms with Crippen molar-refractivity contribution in [2.75, 3.05) is 10.2 Å². The molecule has 1 fully saturated rings. The maximum absolute atomic E-state index is 13.4. The molecule has 2 atom stereocenters. The SMILES string of the molecule is O=C1[C@@H](c2ccc(Cl)cc2)[C@]2(C(=O)Nc3ccccc32)N1c1ccc(F)cc1. The number of carbonyl (C=O) groups is 2. The van der Waals surface area contributed by atoms with Gasteiger partial charge in [-0.15, -0.1) is 0 Å². The number of β-lactam (4-membered cyclic amide) rings is 1. The molecule has 0 saturated carbocycles. The summed E-state index contributed by atoms with van der Waals surface area (Å²) < 4.78 is 13.4. The molecular formula is C22H14ClFN2O2. The molecule has 2 amide bonds. The number of fused-ring (bicyclic) bond motifs is 2. The lowest BCUT2D eigenvalue weighted by Gasteiger charge is -2.54. The van der Waals surface area contributed by atoms with E-state index in [1.54, 1.807) is 24.3 Å². The Labute approximate surface area is 165 Å². The van der Waals surface area contributed by atoms with Gasteiger partial charge in [0.15, 0.2) is 5.54 Å². The predicted molar refractivity (Wildman–Crippen MR) is 105 cm³/mol. The van der Waals surface area contributed by atoms with E-state index >= 15 is 0 Å². The van der Waals surface area contributed by atoms with Crippen molar-refractivity contribution in [3.63, 3.8) is 0 Å². The lowest BCUT2D eigenvalue weighted by atomic mass is 9.66. The Morgan fingerprint density at radius 1 is 0.929 bits per heavy atom. The first-order chi connectivity index (χ1) is 13.5. The largest absolute Gasteiger partial charge is 0.323 e. The van der Waals surface area contributed by atoms with E-state index in [2.05, 4.69) is 5.32 Å². The molecule has 4 nitrogen and oxygen atoms in total. The third-order valence-electron chi connectivity index (χ3n) is 5.46. The fourth-order valence-corrected chi connectivity index (χ4v) is 4.40. The predicted octanol–water partition coefficient (Wildman–Crippen LogP) is 4.46. The number of carbonyl (C=O) groups excluding carboxylic acids is 2. The van der Waals surface area contributed by atoms with Gasteiger partial charge in [0.05, 0.1) is 0 Å². The topological polar surface area (TPSA) is 49.4 Å². The maximum atomic E-state index is 13.4. The minimum absolute atomic E-state index is 0.221. The van der Waals surface area contributed by atoms with Crippen molar-refractivity contribution in [1.29, 1.82) is 0 Å². The molecule has 3 aromatic carbocycles. The third kappa shape index (κ3) is 2.11. The van der Waals surface area contributed by atoms with Crippen molar-refractivity contribution in [2.24, 2.45) is 0 Å². The summed E-state index contributed by atoms with van der Waals surface area (Å²) >= 11 is 6.00. The number of nitrogens with zero attached hydrogens (tertiary/aromatic N) is 1. The summed E-state index contributed by atoms with van der Waals surface area (Å²) in [6.45, 7) is 0. The molecule has 1 saturated heterocycles. The fraction of sp³-hybridized carbons (Fsp3) is 0.0909. The number of hydrogen-bond acceptors (Lipinski definition) is 2. The summed E-state index contributed by atoms with van der Waals surface area (Å²) in [6, 6.07) is 19.9. The molecule has 28 heavy (non-hydrogen) atoms. The summed E-state index contributed by atoms with van der Waals surface area (Å²) in [5.74, 6) is -1.60. The minimum atomic E-state index is -1.22. The van der Waals surface area contributed by atoms with E-state index in [1.165, 1.54) is 29.2 Å². The molecule has 5 rings (SSSR count). The summed E-state index contributed by atoms with van der Waals surface area (Å²) in [5, 5.41) is 3.45. The van der Waals surface area contributed by atoms with Crippen molar-refractivity contribution in [3.05, 3.63) is 94.8 Å². The van der Waals surface area contributed by atoms with E-state index in [1.807, 2.05) is 24.3 Å². The number of anilines is 2. The number of nitrogens with one attached hydrogen (secondary N) is 1. The van der Waals surface area contributed by atoms with Crippen molar-refractivity contribution in [2.45, 2.75) is 11.5 Å². The zero-order valence-corrected chi connectivity index (χ0v) is 15.3. The van der Waals surface area contributed by atoms with Gasteiger partial charge in [0.2, 0.25) is 5.91 Å². The average Bonchev–Trinajstić information content (AvgIpc) is 2.99. The first-order valence-corrected chi connectivity index (χ1v) is 9.17. The Hall–Kier alpha value is -3.18. The Balaban J connectivity index is 1.74. The molecule has 2 heterocycles. The second kappa shape index (κ2) is 5.91. The van der Waals surface area contributed by atoms with Crippen LogP contribution in [0.4, 0.5) is 15.8 Å². The minimum Gasteiger partial charge on any atom is -0.323 e. The molecule has 1 N–H and O–H groups in total. The quantitative estimate of drug-likeness (QED) is 0.655. The maximum Gasteiger partial charge on any atom is 0.256 e.